The summed E-state index contributed by atoms with van der Waals surface area (Å²) in [4.78, 5) is 0. The van der Waals surface area contributed by atoms with Gasteiger partial charge in [-0.05, 0) is 41.9 Å². The lowest BCUT2D eigenvalue weighted by Crippen LogP contribution is -2.26. The lowest BCUT2D eigenvalue weighted by atomic mass is 9.91. The van der Waals surface area contributed by atoms with Gasteiger partial charge in [0.25, 0.3) is 0 Å². The molecular weight excluding hydrogens is 407 g/mol. The summed E-state index contributed by atoms with van der Waals surface area (Å²) in [5.41, 5.74) is 1.47. The lowest BCUT2D eigenvalue weighted by Gasteiger charge is -2.25. The second-order valence-electron chi connectivity index (χ2n) is 5.04. The van der Waals surface area contributed by atoms with Crippen LogP contribution in [0.5, 0.6) is 0 Å². The Labute approximate surface area is 140 Å². The van der Waals surface area contributed by atoms with E-state index in [1.165, 1.54) is 0 Å². The van der Waals surface area contributed by atoms with Gasteiger partial charge in [-0.15, -0.1) is 0 Å². The Bertz CT molecular complexity index is 653. The van der Waals surface area contributed by atoms with Crippen LogP contribution in [0.1, 0.15) is 23.9 Å². The molecule has 0 saturated carbocycles. The molecule has 3 nitrogen and oxygen atoms in total. The number of benzene rings is 1. The highest BCUT2D eigenvalue weighted by atomic mass is 79.9. The van der Waals surface area contributed by atoms with Gasteiger partial charge >= 0.3 is 0 Å². The van der Waals surface area contributed by atoms with Crippen LogP contribution in [-0.2, 0) is 19.1 Å². The molecule has 0 aliphatic carbocycles. The molecule has 0 amide bonds. The molecule has 20 heavy (non-hydrogen) atoms. The third kappa shape index (κ3) is 3.11. The van der Waals surface area contributed by atoms with E-state index in [0.29, 0.717) is 17.0 Å². The molecule has 2 aromatic rings. The maximum absolute atomic E-state index is 10.8. The zero-order valence-corrected chi connectivity index (χ0v) is 15.3. The molecule has 0 aliphatic heterocycles. The van der Waals surface area contributed by atoms with Crippen molar-refractivity contribution >= 4 is 43.5 Å². The Morgan fingerprint density at radius 1 is 1.40 bits per heavy atom. The second-order valence-corrected chi connectivity index (χ2v) is 7.16. The number of rotatable bonds is 3. The Kier molecular flexibility index (Phi) is 4.64. The number of aliphatic hydroxyl groups is 1. The van der Waals surface area contributed by atoms with Crippen molar-refractivity contribution in [2.24, 2.45) is 7.05 Å². The van der Waals surface area contributed by atoms with Crippen molar-refractivity contribution in [2.75, 3.05) is 0 Å². The molecule has 1 atom stereocenters. The molecule has 1 aromatic heterocycles. The molecule has 1 aromatic carbocycles. The van der Waals surface area contributed by atoms with Crippen LogP contribution in [0.2, 0.25) is 5.02 Å². The first-order valence-corrected chi connectivity index (χ1v) is 8.04. The van der Waals surface area contributed by atoms with Gasteiger partial charge in [-0.2, -0.15) is 5.10 Å². The minimum absolute atomic E-state index is 0.423. The summed E-state index contributed by atoms with van der Waals surface area (Å²) < 4.78 is 3.59. The van der Waals surface area contributed by atoms with Crippen LogP contribution in [0.4, 0.5) is 0 Å². The van der Waals surface area contributed by atoms with Gasteiger partial charge in [0.05, 0.1) is 21.5 Å². The van der Waals surface area contributed by atoms with Crippen molar-refractivity contribution < 1.29 is 5.11 Å². The van der Waals surface area contributed by atoms with E-state index in [0.717, 1.165) is 20.3 Å². The van der Waals surface area contributed by atoms with Crippen LogP contribution in [0, 0.1) is 6.92 Å². The van der Waals surface area contributed by atoms with E-state index >= 15 is 0 Å². The zero-order chi connectivity index (χ0) is 15.1. The molecule has 6 heteroatoms. The molecular formula is C14H15Br2ClN2O. The van der Waals surface area contributed by atoms with E-state index in [2.05, 4.69) is 37.0 Å². The standard InChI is InChI=1S/C14H15Br2ClN2O/c1-8-13(16)12(19(3)18-8)7-14(2,20)10-5-4-9(15)6-11(10)17/h4-6,20H,7H2,1-3H3. The number of aryl methyl sites for hydroxylation is 2. The van der Waals surface area contributed by atoms with Crippen LogP contribution < -0.4 is 0 Å². The largest absolute Gasteiger partial charge is 0.385 e. The molecule has 108 valence electrons. The maximum Gasteiger partial charge on any atom is 0.0938 e. The summed E-state index contributed by atoms with van der Waals surface area (Å²) in [7, 11) is 1.87. The van der Waals surface area contributed by atoms with E-state index in [1.807, 2.05) is 26.1 Å². The molecule has 0 radical (unpaired) electrons. The van der Waals surface area contributed by atoms with Gasteiger partial charge in [-0.3, -0.25) is 4.68 Å². The van der Waals surface area contributed by atoms with Crippen molar-refractivity contribution in [3.05, 3.63) is 49.1 Å². The van der Waals surface area contributed by atoms with Crippen molar-refractivity contribution in [3.8, 4) is 0 Å². The third-order valence-corrected chi connectivity index (χ3v) is 5.12. The molecule has 0 bridgehead atoms. The summed E-state index contributed by atoms with van der Waals surface area (Å²) in [5.74, 6) is 0. The Hall–Kier alpha value is -0.360. The zero-order valence-electron chi connectivity index (χ0n) is 11.4. The van der Waals surface area contributed by atoms with Gasteiger partial charge in [0.1, 0.15) is 0 Å². The highest BCUT2D eigenvalue weighted by molar-refractivity contribution is 9.10. The van der Waals surface area contributed by atoms with Crippen LogP contribution in [0.3, 0.4) is 0 Å². The van der Waals surface area contributed by atoms with Gasteiger partial charge in [0.15, 0.2) is 0 Å². The van der Waals surface area contributed by atoms with Crippen molar-refractivity contribution in [3.63, 3.8) is 0 Å². The first-order chi connectivity index (χ1) is 9.22. The van der Waals surface area contributed by atoms with Crippen LogP contribution >= 0.6 is 43.5 Å². The number of halogens is 3. The molecule has 0 saturated heterocycles. The number of nitrogens with zero attached hydrogens (tertiary/aromatic N) is 2. The molecule has 2 rings (SSSR count). The molecule has 1 unspecified atom stereocenters. The highest BCUT2D eigenvalue weighted by Gasteiger charge is 2.29. The average molecular weight is 423 g/mol. The van der Waals surface area contributed by atoms with Gasteiger partial charge in [0, 0.05) is 28.5 Å². The fourth-order valence-electron chi connectivity index (χ4n) is 2.22. The lowest BCUT2D eigenvalue weighted by molar-refractivity contribution is 0.0555. The van der Waals surface area contributed by atoms with Gasteiger partial charge in [-0.1, -0.05) is 33.6 Å². The van der Waals surface area contributed by atoms with E-state index in [9.17, 15) is 5.11 Å². The number of hydrogen-bond donors (Lipinski definition) is 1. The first kappa shape index (κ1) is 16.0. The third-order valence-electron chi connectivity index (χ3n) is 3.28. The number of hydrogen-bond acceptors (Lipinski definition) is 2. The monoisotopic (exact) mass is 420 g/mol. The highest BCUT2D eigenvalue weighted by Crippen LogP contribution is 2.34. The molecule has 0 spiro atoms. The second kappa shape index (κ2) is 5.79. The Balaban J connectivity index is 2.40. The molecule has 1 heterocycles. The predicted octanol–water partition coefficient (Wildman–Crippen LogP) is 4.36. The van der Waals surface area contributed by atoms with Crippen molar-refractivity contribution in [1.82, 2.24) is 9.78 Å². The SMILES string of the molecule is Cc1nn(C)c(CC(C)(O)c2ccc(Br)cc2Cl)c1Br. The van der Waals surface area contributed by atoms with Gasteiger partial charge in [-0.25, -0.2) is 0 Å². The quantitative estimate of drug-likeness (QED) is 0.798. The van der Waals surface area contributed by atoms with Crippen molar-refractivity contribution in [2.45, 2.75) is 25.9 Å². The molecule has 1 N–H and O–H groups in total. The first-order valence-electron chi connectivity index (χ1n) is 6.08. The topological polar surface area (TPSA) is 38.0 Å². The summed E-state index contributed by atoms with van der Waals surface area (Å²) in [6.07, 6.45) is 0.423. The molecule has 0 fully saturated rings. The summed E-state index contributed by atoms with van der Waals surface area (Å²) in [6, 6.07) is 5.50. The molecule has 0 aliphatic rings. The summed E-state index contributed by atoms with van der Waals surface area (Å²) in [5, 5.41) is 15.7. The van der Waals surface area contributed by atoms with E-state index < -0.39 is 5.60 Å². The Morgan fingerprint density at radius 2 is 2.05 bits per heavy atom. The van der Waals surface area contributed by atoms with Crippen LogP contribution in [0.15, 0.2) is 27.1 Å². The fourth-order valence-corrected chi connectivity index (χ4v) is 3.57. The fraction of sp³-hybridized carbons (Fsp3) is 0.357. The summed E-state index contributed by atoms with van der Waals surface area (Å²) in [6.45, 7) is 3.69. The van der Waals surface area contributed by atoms with E-state index in [-0.39, 0.29) is 0 Å². The summed E-state index contributed by atoms with van der Waals surface area (Å²) >= 11 is 13.1. The predicted molar refractivity (Wildman–Crippen MR) is 88.1 cm³/mol. The average Bonchev–Trinajstić information content (AvgIpc) is 2.55. The maximum atomic E-state index is 10.8. The number of aromatic nitrogens is 2. The van der Waals surface area contributed by atoms with Gasteiger partial charge in [0.2, 0.25) is 0 Å². The van der Waals surface area contributed by atoms with E-state index in [1.54, 1.807) is 17.7 Å². The minimum atomic E-state index is -1.07. The normalized spacial score (nSPS) is 14.3. The van der Waals surface area contributed by atoms with Crippen molar-refractivity contribution in [1.29, 1.82) is 0 Å². The van der Waals surface area contributed by atoms with Gasteiger partial charge < -0.3 is 5.11 Å². The van der Waals surface area contributed by atoms with Crippen LogP contribution in [-0.4, -0.2) is 14.9 Å². The smallest absolute Gasteiger partial charge is 0.0938 e. The Morgan fingerprint density at radius 3 is 2.55 bits per heavy atom. The van der Waals surface area contributed by atoms with Crippen LogP contribution in [0.25, 0.3) is 0 Å². The van der Waals surface area contributed by atoms with E-state index in [4.69, 9.17) is 11.6 Å². The minimum Gasteiger partial charge on any atom is -0.385 e.